The molecule has 0 aliphatic carbocycles. The molecule has 6 heteroatoms. The highest BCUT2D eigenvalue weighted by molar-refractivity contribution is 7.91. The van der Waals surface area contributed by atoms with E-state index in [-0.39, 0.29) is 29.0 Å². The van der Waals surface area contributed by atoms with Crippen LogP contribution in [-0.2, 0) is 14.6 Å². The van der Waals surface area contributed by atoms with E-state index in [0.29, 0.717) is 37.7 Å². The summed E-state index contributed by atoms with van der Waals surface area (Å²) in [7, 11) is -3.04. The summed E-state index contributed by atoms with van der Waals surface area (Å²) in [5, 5.41) is -0.311. The van der Waals surface area contributed by atoms with Gasteiger partial charge < -0.3 is 4.90 Å². The fourth-order valence-electron chi connectivity index (χ4n) is 4.18. The van der Waals surface area contributed by atoms with Crippen molar-refractivity contribution >= 4 is 21.5 Å². The number of ketones is 1. The van der Waals surface area contributed by atoms with Crippen molar-refractivity contribution in [3.05, 3.63) is 35.9 Å². The number of hydrogen-bond donors (Lipinski definition) is 0. The molecule has 2 saturated heterocycles. The Bertz CT molecular complexity index is 730. The smallest absolute Gasteiger partial charge is 0.223 e. The molecule has 1 aromatic rings. The van der Waals surface area contributed by atoms with Gasteiger partial charge in [0.1, 0.15) is 9.84 Å². The minimum absolute atomic E-state index is 0.0517. The highest BCUT2D eigenvalue weighted by atomic mass is 32.2. The van der Waals surface area contributed by atoms with Gasteiger partial charge in [0.05, 0.1) is 5.25 Å². The second kappa shape index (κ2) is 7.28. The quantitative estimate of drug-likeness (QED) is 0.729. The highest BCUT2D eigenvalue weighted by Crippen LogP contribution is 2.38. The third-order valence-corrected chi connectivity index (χ3v) is 7.07. The molecule has 2 fully saturated rings. The molecule has 3 rings (SSSR count). The predicted molar refractivity (Wildman–Crippen MR) is 96.1 cm³/mol. The van der Waals surface area contributed by atoms with E-state index < -0.39 is 9.84 Å². The van der Waals surface area contributed by atoms with Gasteiger partial charge in [-0.15, -0.1) is 0 Å². The van der Waals surface area contributed by atoms with Crippen molar-refractivity contribution in [1.82, 2.24) is 4.90 Å². The lowest BCUT2D eigenvalue weighted by Gasteiger charge is -2.38. The van der Waals surface area contributed by atoms with E-state index in [4.69, 9.17) is 0 Å². The highest BCUT2D eigenvalue weighted by Gasteiger charge is 2.45. The molecule has 2 aliphatic heterocycles. The van der Waals surface area contributed by atoms with Gasteiger partial charge in [0.15, 0.2) is 5.78 Å². The maximum atomic E-state index is 12.6. The molecule has 25 heavy (non-hydrogen) atoms. The number of hydrogen-bond acceptors (Lipinski definition) is 4. The maximum absolute atomic E-state index is 12.6. The summed E-state index contributed by atoms with van der Waals surface area (Å²) in [5.74, 6) is 0.132. The Labute approximate surface area is 149 Å². The Balaban J connectivity index is 1.52. The van der Waals surface area contributed by atoms with Crippen molar-refractivity contribution in [2.45, 2.75) is 62.3 Å². The number of Topliss-reactive ketones (excluding diaryl/α,β-unsaturated/α-hetero) is 1. The molecule has 0 spiro atoms. The topological polar surface area (TPSA) is 71.5 Å². The molecular formula is C19H25NO4S. The molecule has 0 N–H and O–H groups in total. The summed E-state index contributed by atoms with van der Waals surface area (Å²) >= 11 is 0. The van der Waals surface area contributed by atoms with Crippen LogP contribution in [0.15, 0.2) is 30.3 Å². The molecule has 5 nitrogen and oxygen atoms in total. The first-order valence-corrected chi connectivity index (χ1v) is 10.9. The van der Waals surface area contributed by atoms with Crippen LogP contribution in [0.25, 0.3) is 0 Å². The first-order chi connectivity index (χ1) is 11.9. The predicted octanol–water partition coefficient (Wildman–Crippen LogP) is 2.61. The van der Waals surface area contributed by atoms with E-state index in [9.17, 15) is 18.0 Å². The van der Waals surface area contributed by atoms with Crippen LogP contribution in [0.5, 0.6) is 0 Å². The largest absolute Gasteiger partial charge is 0.337 e. The Kier molecular flexibility index (Phi) is 5.27. The second-order valence-corrected chi connectivity index (χ2v) is 9.58. The lowest BCUT2D eigenvalue weighted by Crippen LogP contribution is -2.49. The zero-order valence-corrected chi connectivity index (χ0v) is 15.4. The zero-order valence-electron chi connectivity index (χ0n) is 14.6. The Morgan fingerprint density at radius 2 is 1.64 bits per heavy atom. The Hall–Kier alpha value is -1.69. The van der Waals surface area contributed by atoms with Crippen molar-refractivity contribution in [3.63, 3.8) is 0 Å². The second-order valence-electron chi connectivity index (χ2n) is 7.25. The summed E-state index contributed by atoms with van der Waals surface area (Å²) in [5.41, 5.74) is 0.684. The van der Waals surface area contributed by atoms with Crippen LogP contribution >= 0.6 is 0 Å². The van der Waals surface area contributed by atoms with Gasteiger partial charge >= 0.3 is 0 Å². The molecule has 0 saturated carbocycles. The summed E-state index contributed by atoms with van der Waals surface area (Å²) in [6.45, 7) is 0. The SMILES string of the molecule is CS(=O)(=O)C1CC2CCC(C1)N2C(=O)CCCC(=O)c1ccccc1. The van der Waals surface area contributed by atoms with Gasteiger partial charge in [-0.3, -0.25) is 9.59 Å². The average molecular weight is 363 g/mol. The number of sulfone groups is 1. The van der Waals surface area contributed by atoms with Crippen molar-refractivity contribution in [3.8, 4) is 0 Å². The van der Waals surface area contributed by atoms with E-state index in [1.54, 1.807) is 12.1 Å². The van der Waals surface area contributed by atoms with Crippen molar-refractivity contribution in [2.75, 3.05) is 6.26 Å². The number of carbonyl (C=O) groups is 2. The summed E-state index contributed by atoms with van der Waals surface area (Å²) < 4.78 is 23.6. The minimum Gasteiger partial charge on any atom is -0.337 e. The van der Waals surface area contributed by atoms with Crippen LogP contribution < -0.4 is 0 Å². The molecule has 136 valence electrons. The minimum atomic E-state index is -3.04. The number of benzene rings is 1. The van der Waals surface area contributed by atoms with Crippen LogP contribution in [0.4, 0.5) is 0 Å². The van der Waals surface area contributed by atoms with Crippen molar-refractivity contribution < 1.29 is 18.0 Å². The molecule has 2 heterocycles. The van der Waals surface area contributed by atoms with E-state index in [1.807, 2.05) is 23.1 Å². The molecule has 0 aromatic heterocycles. The molecular weight excluding hydrogens is 338 g/mol. The first kappa shape index (κ1) is 18.1. The molecule has 2 unspecified atom stereocenters. The van der Waals surface area contributed by atoms with Crippen LogP contribution in [-0.4, -0.2) is 48.6 Å². The van der Waals surface area contributed by atoms with E-state index in [2.05, 4.69) is 0 Å². The standard InChI is InChI=1S/C19H25NO4S/c1-25(23,24)17-12-15-10-11-16(13-17)20(15)19(22)9-5-8-18(21)14-6-3-2-4-7-14/h2-4,6-7,15-17H,5,8-13H2,1H3. The van der Waals surface area contributed by atoms with Gasteiger partial charge in [-0.1, -0.05) is 30.3 Å². The average Bonchev–Trinajstić information content (AvgIpc) is 2.84. The van der Waals surface area contributed by atoms with Gasteiger partial charge in [-0.25, -0.2) is 8.42 Å². The summed E-state index contributed by atoms with van der Waals surface area (Å²) in [6.07, 6.45) is 5.46. The van der Waals surface area contributed by atoms with Crippen LogP contribution in [0.1, 0.15) is 55.3 Å². The van der Waals surface area contributed by atoms with Crippen molar-refractivity contribution in [1.29, 1.82) is 0 Å². The van der Waals surface area contributed by atoms with Gasteiger partial charge in [-0.2, -0.15) is 0 Å². The summed E-state index contributed by atoms with van der Waals surface area (Å²) in [4.78, 5) is 26.6. The maximum Gasteiger partial charge on any atom is 0.223 e. The van der Waals surface area contributed by atoms with Crippen LogP contribution in [0.3, 0.4) is 0 Å². The normalized spacial score (nSPS) is 25.8. The lowest BCUT2D eigenvalue weighted by atomic mass is 10.0. The van der Waals surface area contributed by atoms with Gasteiger partial charge in [0.25, 0.3) is 0 Å². The number of fused-ring (bicyclic) bond motifs is 2. The van der Waals surface area contributed by atoms with Crippen LogP contribution in [0, 0.1) is 0 Å². The number of amides is 1. The monoisotopic (exact) mass is 363 g/mol. The fraction of sp³-hybridized carbons (Fsp3) is 0.579. The molecule has 1 aromatic carbocycles. The molecule has 1 amide bonds. The van der Waals surface area contributed by atoms with Gasteiger partial charge in [0, 0.05) is 36.7 Å². The van der Waals surface area contributed by atoms with E-state index in [0.717, 1.165) is 12.8 Å². The number of piperidine rings is 1. The Morgan fingerprint density at radius 1 is 1.04 bits per heavy atom. The Morgan fingerprint density at radius 3 is 2.20 bits per heavy atom. The fourth-order valence-corrected chi connectivity index (χ4v) is 5.33. The molecule has 2 aliphatic rings. The molecule has 0 radical (unpaired) electrons. The van der Waals surface area contributed by atoms with Gasteiger partial charge in [-0.05, 0) is 32.1 Å². The van der Waals surface area contributed by atoms with E-state index >= 15 is 0 Å². The number of carbonyl (C=O) groups excluding carboxylic acids is 2. The summed E-state index contributed by atoms with van der Waals surface area (Å²) in [6, 6.07) is 9.23. The van der Waals surface area contributed by atoms with Gasteiger partial charge in [0.2, 0.25) is 5.91 Å². The molecule has 2 bridgehead atoms. The van der Waals surface area contributed by atoms with E-state index in [1.165, 1.54) is 6.26 Å². The third-order valence-electron chi connectivity index (χ3n) is 5.47. The van der Waals surface area contributed by atoms with Crippen LogP contribution in [0.2, 0.25) is 0 Å². The van der Waals surface area contributed by atoms with Crippen molar-refractivity contribution in [2.24, 2.45) is 0 Å². The number of nitrogens with zero attached hydrogens (tertiary/aromatic N) is 1. The number of rotatable bonds is 6. The lowest BCUT2D eigenvalue weighted by molar-refractivity contribution is -0.135. The first-order valence-electron chi connectivity index (χ1n) is 8.94. The third kappa shape index (κ3) is 4.11. The zero-order chi connectivity index (χ0) is 18.0. The molecule has 2 atom stereocenters.